The molecule has 1 aromatic carbocycles. The molecule has 186 valence electrons. The van der Waals surface area contributed by atoms with Gasteiger partial charge in [0, 0.05) is 41.6 Å². The molecule has 0 aliphatic heterocycles. The van der Waals surface area contributed by atoms with Gasteiger partial charge in [0.2, 0.25) is 0 Å². The van der Waals surface area contributed by atoms with Crippen LogP contribution in [0.3, 0.4) is 0 Å². The molecule has 2 heterocycles. The first-order chi connectivity index (χ1) is 16.8. The zero-order valence-corrected chi connectivity index (χ0v) is 21.0. The summed E-state index contributed by atoms with van der Waals surface area (Å²) in [4.78, 5) is 8.85. The average Bonchev–Trinajstić information content (AvgIpc) is 3.40. The molecular formula is C27H36N6O2. The number of nitrogens with one attached hydrogen (secondary N) is 1. The van der Waals surface area contributed by atoms with Crippen molar-refractivity contribution in [2.24, 2.45) is 11.5 Å². The number of nitrogens with zero attached hydrogens (tertiary/aromatic N) is 2. The van der Waals surface area contributed by atoms with Crippen LogP contribution in [0.2, 0.25) is 0 Å². The molecule has 8 nitrogen and oxygen atoms in total. The number of nitrogens with two attached hydrogens (primary N) is 3. The molecule has 0 radical (unpaired) electrons. The lowest BCUT2D eigenvalue weighted by molar-refractivity contribution is 0.391. The van der Waals surface area contributed by atoms with E-state index in [2.05, 4.69) is 21.4 Å². The van der Waals surface area contributed by atoms with Crippen LogP contribution in [0, 0.1) is 13.8 Å². The van der Waals surface area contributed by atoms with Crippen molar-refractivity contribution in [3.05, 3.63) is 69.5 Å². The molecule has 0 spiro atoms. The van der Waals surface area contributed by atoms with E-state index >= 15 is 0 Å². The predicted octanol–water partition coefficient (Wildman–Crippen LogP) is 3.88. The van der Waals surface area contributed by atoms with Crippen molar-refractivity contribution in [1.29, 1.82) is 0 Å². The Labute approximate surface area is 207 Å². The summed E-state index contributed by atoms with van der Waals surface area (Å²) in [5.74, 6) is 3.19. The Hall–Kier alpha value is -3.36. The molecule has 0 saturated carbocycles. The summed E-state index contributed by atoms with van der Waals surface area (Å²) in [7, 11) is 3.32. The van der Waals surface area contributed by atoms with Gasteiger partial charge >= 0.3 is 0 Å². The molecule has 8 heteroatoms. The molecule has 2 atom stereocenters. The predicted molar refractivity (Wildman–Crippen MR) is 140 cm³/mol. The lowest BCUT2D eigenvalue weighted by atomic mass is 10.1. The van der Waals surface area contributed by atoms with E-state index in [4.69, 9.17) is 26.7 Å². The molecule has 0 unspecified atom stereocenters. The molecule has 3 aromatic rings. The van der Waals surface area contributed by atoms with E-state index in [1.807, 2.05) is 38.1 Å². The van der Waals surface area contributed by atoms with Crippen LogP contribution in [0.4, 0.5) is 11.6 Å². The minimum Gasteiger partial charge on any atom is -0.497 e. The van der Waals surface area contributed by atoms with Crippen molar-refractivity contribution in [3.8, 4) is 11.5 Å². The third-order valence-corrected chi connectivity index (χ3v) is 6.76. The third-order valence-electron chi connectivity index (χ3n) is 6.76. The van der Waals surface area contributed by atoms with Crippen LogP contribution >= 0.6 is 0 Å². The number of hydrogen-bond acceptors (Lipinski definition) is 8. The van der Waals surface area contributed by atoms with Crippen molar-refractivity contribution >= 4 is 11.6 Å². The monoisotopic (exact) mass is 476 g/mol. The quantitative estimate of drug-likeness (QED) is 0.436. The number of fused-ring (bicyclic) bond motifs is 2. The maximum Gasteiger partial charge on any atom is 0.130 e. The highest BCUT2D eigenvalue weighted by Crippen LogP contribution is 2.35. The summed E-state index contributed by atoms with van der Waals surface area (Å²) in [6, 6.07) is 10.3. The van der Waals surface area contributed by atoms with E-state index in [0.717, 1.165) is 65.5 Å². The highest BCUT2D eigenvalue weighted by molar-refractivity contribution is 5.54. The maximum atomic E-state index is 6.18. The minimum atomic E-state index is 0.128. The normalized spacial score (nSPS) is 17.8. The van der Waals surface area contributed by atoms with E-state index in [9.17, 15) is 0 Å². The van der Waals surface area contributed by atoms with Gasteiger partial charge in [-0.05, 0) is 86.1 Å². The third kappa shape index (κ3) is 5.33. The Morgan fingerprint density at radius 1 is 0.886 bits per heavy atom. The second-order valence-corrected chi connectivity index (χ2v) is 9.22. The second-order valence-electron chi connectivity index (χ2n) is 9.22. The van der Waals surface area contributed by atoms with Crippen molar-refractivity contribution in [1.82, 2.24) is 9.97 Å². The van der Waals surface area contributed by atoms with Gasteiger partial charge in [-0.1, -0.05) is 0 Å². The van der Waals surface area contributed by atoms with Gasteiger partial charge in [0.1, 0.15) is 23.1 Å². The van der Waals surface area contributed by atoms with Crippen LogP contribution in [0.15, 0.2) is 30.3 Å². The number of aryl methyl sites for hydroxylation is 2. The first-order valence-corrected chi connectivity index (χ1v) is 12.0. The van der Waals surface area contributed by atoms with Crippen molar-refractivity contribution in [2.75, 3.05) is 25.3 Å². The van der Waals surface area contributed by atoms with E-state index in [1.165, 1.54) is 16.7 Å². The molecule has 35 heavy (non-hydrogen) atoms. The topological polar surface area (TPSA) is 134 Å². The van der Waals surface area contributed by atoms with Crippen LogP contribution in [-0.2, 0) is 19.4 Å². The number of rotatable bonds is 5. The fourth-order valence-corrected chi connectivity index (χ4v) is 4.91. The largest absolute Gasteiger partial charge is 0.497 e. The minimum absolute atomic E-state index is 0.128. The molecule has 0 amide bonds. The summed E-state index contributed by atoms with van der Waals surface area (Å²) in [6.07, 6.45) is 3.95. The summed E-state index contributed by atoms with van der Waals surface area (Å²) in [6.45, 7) is 4.59. The number of hydrogen-bond donors (Lipinski definition) is 4. The zero-order valence-electron chi connectivity index (χ0n) is 21.0. The Bertz CT molecular complexity index is 1210. The first-order valence-electron chi connectivity index (χ1n) is 12.0. The number of ether oxygens (including phenoxy) is 2. The second kappa shape index (κ2) is 10.5. The average molecular weight is 477 g/mol. The smallest absolute Gasteiger partial charge is 0.130 e. The Balaban J connectivity index is 0.000000201. The Morgan fingerprint density at radius 3 is 2.17 bits per heavy atom. The Morgan fingerprint density at radius 2 is 1.51 bits per heavy atom. The SMILES string of the molecule is COc1ccc(CNc2nc(C)cc3c2CC[C@H]3N)c(OC)c1.Cc1cc2c(c(N)n1)CC[C@H]2N. The summed E-state index contributed by atoms with van der Waals surface area (Å²) < 4.78 is 10.7. The summed E-state index contributed by atoms with van der Waals surface area (Å²) >= 11 is 0. The molecule has 0 fully saturated rings. The zero-order chi connectivity index (χ0) is 25.1. The molecule has 2 aromatic heterocycles. The molecular weight excluding hydrogens is 440 g/mol. The highest BCUT2D eigenvalue weighted by Gasteiger charge is 2.23. The van der Waals surface area contributed by atoms with Gasteiger partial charge in [0.05, 0.1) is 14.2 Å². The van der Waals surface area contributed by atoms with Gasteiger partial charge < -0.3 is 32.0 Å². The standard InChI is InChI=1S/C18H23N3O2.C9H13N3/c1-11-8-15-14(6-7-16(15)19)18(21-11)20-10-12-4-5-13(22-2)9-17(12)23-3;1-5-4-7-6(9(11)12-5)2-3-8(7)10/h4-5,8-9,16H,6-7,10,19H2,1-3H3,(H,20,21);4,8H,2-3,10H2,1H3,(H2,11,12)/t16-;8-/m11/s1. The van der Waals surface area contributed by atoms with E-state index in [0.29, 0.717) is 12.4 Å². The molecule has 2 aliphatic carbocycles. The Kier molecular flexibility index (Phi) is 7.42. The van der Waals surface area contributed by atoms with Gasteiger partial charge in [0.15, 0.2) is 0 Å². The van der Waals surface area contributed by atoms with E-state index < -0.39 is 0 Å². The summed E-state index contributed by atoms with van der Waals surface area (Å²) in [5.41, 5.74) is 25.7. The van der Waals surface area contributed by atoms with Crippen LogP contribution in [0.1, 0.15) is 64.1 Å². The van der Waals surface area contributed by atoms with Gasteiger partial charge in [-0.2, -0.15) is 0 Å². The molecule has 5 rings (SSSR count). The van der Waals surface area contributed by atoms with Crippen molar-refractivity contribution in [2.45, 2.75) is 58.2 Å². The van der Waals surface area contributed by atoms with Crippen molar-refractivity contribution in [3.63, 3.8) is 0 Å². The van der Waals surface area contributed by atoms with Gasteiger partial charge in [-0.15, -0.1) is 0 Å². The van der Waals surface area contributed by atoms with Crippen LogP contribution in [0.5, 0.6) is 11.5 Å². The number of benzene rings is 1. The fraction of sp³-hybridized carbons (Fsp3) is 0.407. The van der Waals surface area contributed by atoms with Gasteiger partial charge in [-0.3, -0.25) is 0 Å². The van der Waals surface area contributed by atoms with Gasteiger partial charge in [0.25, 0.3) is 0 Å². The number of aromatic nitrogens is 2. The van der Waals surface area contributed by atoms with Gasteiger partial charge in [-0.25, -0.2) is 9.97 Å². The van der Waals surface area contributed by atoms with E-state index in [1.54, 1.807) is 14.2 Å². The molecule has 7 N–H and O–H groups in total. The number of methoxy groups -OCH3 is 2. The highest BCUT2D eigenvalue weighted by atomic mass is 16.5. The molecule has 0 bridgehead atoms. The maximum absolute atomic E-state index is 6.18. The lowest BCUT2D eigenvalue weighted by Gasteiger charge is -2.15. The lowest BCUT2D eigenvalue weighted by Crippen LogP contribution is -2.09. The van der Waals surface area contributed by atoms with Crippen LogP contribution in [0.25, 0.3) is 0 Å². The molecule has 0 saturated heterocycles. The van der Waals surface area contributed by atoms with Crippen molar-refractivity contribution < 1.29 is 9.47 Å². The first kappa shape index (κ1) is 24.8. The molecule has 2 aliphatic rings. The van der Waals surface area contributed by atoms with Crippen LogP contribution in [-0.4, -0.2) is 24.2 Å². The van der Waals surface area contributed by atoms with E-state index in [-0.39, 0.29) is 12.1 Å². The fourth-order valence-electron chi connectivity index (χ4n) is 4.91. The number of nitrogen functional groups attached to an aromatic ring is 1. The van der Waals surface area contributed by atoms with Crippen LogP contribution < -0.4 is 32.0 Å². The summed E-state index contributed by atoms with van der Waals surface area (Å²) in [5, 5.41) is 3.45. The number of anilines is 2. The number of pyridine rings is 2.